The Morgan fingerprint density at radius 2 is 1.71 bits per heavy atom. The minimum absolute atomic E-state index is 0.133. The molecular formula is C22H25NO5. The van der Waals surface area contributed by atoms with Crippen LogP contribution in [0, 0.1) is 0 Å². The number of imide groups is 1. The van der Waals surface area contributed by atoms with Crippen molar-refractivity contribution in [2.24, 2.45) is 0 Å². The number of aryl methyl sites for hydroxylation is 1. The highest BCUT2D eigenvalue weighted by atomic mass is 16.5. The molecule has 0 aliphatic carbocycles. The Balaban J connectivity index is 1.90. The van der Waals surface area contributed by atoms with Crippen molar-refractivity contribution in [2.45, 2.75) is 32.7 Å². The number of carbonyl (C=O) groups excluding carboxylic acids is 2. The molecule has 0 fully saturated rings. The predicted octanol–water partition coefficient (Wildman–Crippen LogP) is 3.85. The molecule has 28 heavy (non-hydrogen) atoms. The van der Waals surface area contributed by atoms with Crippen LogP contribution < -0.4 is 14.2 Å². The van der Waals surface area contributed by atoms with Crippen molar-refractivity contribution < 1.29 is 23.8 Å². The van der Waals surface area contributed by atoms with E-state index in [4.69, 9.17) is 14.2 Å². The van der Waals surface area contributed by atoms with Gasteiger partial charge in [-0.3, -0.25) is 14.5 Å². The van der Waals surface area contributed by atoms with Gasteiger partial charge in [0.1, 0.15) is 0 Å². The molecule has 2 aromatic rings. The number of rotatable bonds is 7. The fourth-order valence-electron chi connectivity index (χ4n) is 3.45. The van der Waals surface area contributed by atoms with Gasteiger partial charge in [-0.15, -0.1) is 0 Å². The normalized spacial score (nSPS) is 12.7. The van der Waals surface area contributed by atoms with Gasteiger partial charge in [0.15, 0.2) is 11.5 Å². The molecule has 0 atom stereocenters. The van der Waals surface area contributed by atoms with Crippen LogP contribution in [0.15, 0.2) is 30.3 Å². The van der Waals surface area contributed by atoms with Crippen LogP contribution in [0.25, 0.3) is 0 Å². The van der Waals surface area contributed by atoms with E-state index in [1.807, 2.05) is 12.1 Å². The lowest BCUT2D eigenvalue weighted by Gasteiger charge is -2.15. The maximum Gasteiger partial charge on any atom is 0.261 e. The first-order valence-corrected chi connectivity index (χ1v) is 9.32. The number of unbranched alkanes of at least 4 members (excludes halogenated alkanes) is 1. The number of hydrogen-bond donors (Lipinski definition) is 0. The number of amides is 2. The summed E-state index contributed by atoms with van der Waals surface area (Å²) in [6, 6.07) is 9.05. The van der Waals surface area contributed by atoms with Crippen molar-refractivity contribution in [3.8, 4) is 17.2 Å². The van der Waals surface area contributed by atoms with E-state index < -0.39 is 0 Å². The summed E-state index contributed by atoms with van der Waals surface area (Å²) in [4.78, 5) is 27.1. The standard InChI is InChI=1S/C22H25NO5/c1-5-6-7-14-8-10-15(11-9-14)21(24)23-13-17-16(22(23)25)12-18(26-2)20(28-4)19(17)27-3/h8-12H,5-7,13H2,1-4H3. The zero-order valence-electron chi connectivity index (χ0n) is 16.7. The number of methoxy groups -OCH3 is 3. The number of ether oxygens (including phenoxy) is 3. The summed E-state index contributed by atoms with van der Waals surface area (Å²) < 4.78 is 16.2. The molecule has 1 aliphatic rings. The van der Waals surface area contributed by atoms with Gasteiger partial charge >= 0.3 is 0 Å². The largest absolute Gasteiger partial charge is 0.493 e. The topological polar surface area (TPSA) is 65.1 Å². The predicted molar refractivity (Wildman–Crippen MR) is 105 cm³/mol. The monoisotopic (exact) mass is 383 g/mol. The molecule has 6 nitrogen and oxygen atoms in total. The maximum absolute atomic E-state index is 13.0. The van der Waals surface area contributed by atoms with Gasteiger partial charge in [-0.25, -0.2) is 0 Å². The van der Waals surface area contributed by atoms with Crippen molar-refractivity contribution in [1.29, 1.82) is 0 Å². The Labute approximate surface area is 165 Å². The van der Waals surface area contributed by atoms with E-state index in [0.29, 0.717) is 33.9 Å². The Bertz CT molecular complexity index is 889. The van der Waals surface area contributed by atoms with Crippen molar-refractivity contribution in [3.05, 3.63) is 52.6 Å². The van der Waals surface area contributed by atoms with Gasteiger partial charge in [0, 0.05) is 11.1 Å². The van der Waals surface area contributed by atoms with Crippen LogP contribution >= 0.6 is 0 Å². The number of nitrogens with zero attached hydrogens (tertiary/aromatic N) is 1. The lowest BCUT2D eigenvalue weighted by molar-refractivity contribution is 0.0630. The minimum atomic E-state index is -0.366. The molecular weight excluding hydrogens is 358 g/mol. The molecule has 0 bridgehead atoms. The Morgan fingerprint density at radius 3 is 2.29 bits per heavy atom. The third-order valence-corrected chi connectivity index (χ3v) is 4.99. The quantitative estimate of drug-likeness (QED) is 0.680. The molecule has 1 aliphatic heterocycles. The summed E-state index contributed by atoms with van der Waals surface area (Å²) in [5.41, 5.74) is 2.69. The Hall–Kier alpha value is -3.02. The van der Waals surface area contributed by atoms with E-state index >= 15 is 0 Å². The second-order valence-corrected chi connectivity index (χ2v) is 6.67. The van der Waals surface area contributed by atoms with Crippen LogP contribution in [0.3, 0.4) is 0 Å². The average molecular weight is 383 g/mol. The Kier molecular flexibility index (Phi) is 5.87. The zero-order valence-corrected chi connectivity index (χ0v) is 16.7. The van der Waals surface area contributed by atoms with Gasteiger partial charge < -0.3 is 14.2 Å². The van der Waals surface area contributed by atoms with Gasteiger partial charge in [-0.1, -0.05) is 25.5 Å². The zero-order chi connectivity index (χ0) is 20.3. The van der Waals surface area contributed by atoms with Crippen LogP contribution in [0.4, 0.5) is 0 Å². The summed E-state index contributed by atoms with van der Waals surface area (Å²) in [6.07, 6.45) is 3.21. The highest BCUT2D eigenvalue weighted by Crippen LogP contribution is 2.45. The van der Waals surface area contributed by atoms with Crippen molar-refractivity contribution >= 4 is 11.8 Å². The van der Waals surface area contributed by atoms with Crippen LogP contribution in [-0.4, -0.2) is 38.0 Å². The molecule has 148 valence electrons. The van der Waals surface area contributed by atoms with Gasteiger partial charge in [0.05, 0.1) is 33.4 Å². The average Bonchev–Trinajstić information content (AvgIpc) is 3.06. The number of carbonyl (C=O) groups is 2. The summed E-state index contributed by atoms with van der Waals surface area (Å²) >= 11 is 0. The molecule has 0 saturated heterocycles. The molecule has 0 N–H and O–H groups in total. The lowest BCUT2D eigenvalue weighted by Crippen LogP contribution is -2.31. The third kappa shape index (κ3) is 3.42. The first kappa shape index (κ1) is 19.7. The molecule has 3 rings (SSSR count). The minimum Gasteiger partial charge on any atom is -0.493 e. The van der Waals surface area contributed by atoms with Gasteiger partial charge in [-0.2, -0.15) is 0 Å². The molecule has 0 unspecified atom stereocenters. The van der Waals surface area contributed by atoms with E-state index in [-0.39, 0.29) is 18.4 Å². The molecule has 0 saturated carbocycles. The fourth-order valence-corrected chi connectivity index (χ4v) is 3.45. The van der Waals surface area contributed by atoms with E-state index in [1.54, 1.807) is 18.2 Å². The molecule has 0 radical (unpaired) electrons. The highest BCUT2D eigenvalue weighted by molar-refractivity contribution is 6.13. The van der Waals surface area contributed by atoms with Crippen molar-refractivity contribution in [1.82, 2.24) is 4.90 Å². The molecule has 0 spiro atoms. The second kappa shape index (κ2) is 8.33. The summed E-state index contributed by atoms with van der Waals surface area (Å²) in [6.45, 7) is 2.28. The van der Waals surface area contributed by atoms with Crippen LogP contribution in [0.5, 0.6) is 17.2 Å². The lowest BCUT2D eigenvalue weighted by atomic mass is 10.1. The Morgan fingerprint density at radius 1 is 1.04 bits per heavy atom. The first-order chi connectivity index (χ1) is 13.5. The molecule has 2 aromatic carbocycles. The third-order valence-electron chi connectivity index (χ3n) is 4.99. The van der Waals surface area contributed by atoms with Crippen LogP contribution in [-0.2, 0) is 13.0 Å². The smallest absolute Gasteiger partial charge is 0.261 e. The van der Waals surface area contributed by atoms with E-state index in [9.17, 15) is 9.59 Å². The number of fused-ring (bicyclic) bond motifs is 1. The second-order valence-electron chi connectivity index (χ2n) is 6.67. The first-order valence-electron chi connectivity index (χ1n) is 9.32. The molecule has 1 heterocycles. The highest BCUT2D eigenvalue weighted by Gasteiger charge is 2.37. The van der Waals surface area contributed by atoms with Gasteiger partial charge in [0.2, 0.25) is 5.75 Å². The summed E-state index contributed by atoms with van der Waals surface area (Å²) in [5.74, 6) is 0.514. The number of benzene rings is 2. The van der Waals surface area contributed by atoms with E-state index in [1.165, 1.54) is 31.8 Å². The molecule has 6 heteroatoms. The molecule has 2 amide bonds. The van der Waals surface area contributed by atoms with Crippen molar-refractivity contribution in [2.75, 3.05) is 21.3 Å². The van der Waals surface area contributed by atoms with E-state index in [2.05, 4.69) is 6.92 Å². The SMILES string of the molecule is CCCCc1ccc(C(=O)N2Cc3c(cc(OC)c(OC)c3OC)C2=O)cc1. The number of hydrogen-bond acceptors (Lipinski definition) is 5. The molecule has 0 aromatic heterocycles. The summed E-state index contributed by atoms with van der Waals surface area (Å²) in [7, 11) is 4.50. The van der Waals surface area contributed by atoms with Crippen LogP contribution in [0.1, 0.15) is 51.6 Å². The van der Waals surface area contributed by atoms with Gasteiger partial charge in [0.25, 0.3) is 11.8 Å². The fraction of sp³-hybridized carbons (Fsp3) is 0.364. The van der Waals surface area contributed by atoms with Crippen LogP contribution in [0.2, 0.25) is 0 Å². The summed E-state index contributed by atoms with van der Waals surface area (Å²) in [5, 5.41) is 0. The van der Waals surface area contributed by atoms with Crippen molar-refractivity contribution in [3.63, 3.8) is 0 Å². The maximum atomic E-state index is 13.0. The van der Waals surface area contributed by atoms with Gasteiger partial charge in [-0.05, 0) is 36.6 Å². The van der Waals surface area contributed by atoms with E-state index in [0.717, 1.165) is 19.3 Å².